The third-order valence-electron chi connectivity index (χ3n) is 4.42. The van der Waals surface area contributed by atoms with Crippen molar-refractivity contribution in [3.63, 3.8) is 0 Å². The fourth-order valence-corrected chi connectivity index (χ4v) is 3.72. The average Bonchev–Trinajstić information content (AvgIpc) is 2.67. The van der Waals surface area contributed by atoms with Crippen molar-refractivity contribution in [2.24, 2.45) is 0 Å². The Bertz CT molecular complexity index is 576. The zero-order chi connectivity index (χ0) is 15.0. The number of nitrogens with one attached hydrogen (secondary N) is 1. The van der Waals surface area contributed by atoms with Crippen molar-refractivity contribution in [3.8, 4) is 0 Å². The summed E-state index contributed by atoms with van der Waals surface area (Å²) in [6.07, 6.45) is 4.56. The van der Waals surface area contributed by atoms with Crippen molar-refractivity contribution in [2.75, 3.05) is 5.73 Å². The van der Waals surface area contributed by atoms with Gasteiger partial charge in [-0.3, -0.25) is 9.69 Å². The van der Waals surface area contributed by atoms with Crippen LogP contribution in [0.2, 0.25) is 0 Å². The molecule has 2 fully saturated rings. The van der Waals surface area contributed by atoms with Gasteiger partial charge in [-0.05, 0) is 25.0 Å². The number of nitrogen functional groups attached to an aromatic ring is 1. The van der Waals surface area contributed by atoms with Crippen LogP contribution in [0.5, 0.6) is 0 Å². The number of rotatable bonds is 2. The van der Waals surface area contributed by atoms with E-state index in [1.54, 1.807) is 6.07 Å². The molecule has 1 spiro atoms. The number of carbonyl (C=O) groups is 2. The van der Waals surface area contributed by atoms with Crippen LogP contribution in [0.4, 0.5) is 10.5 Å². The van der Waals surface area contributed by atoms with Gasteiger partial charge in [0.25, 0.3) is 5.91 Å². The summed E-state index contributed by atoms with van der Waals surface area (Å²) in [4.78, 5) is 26.2. The van der Waals surface area contributed by atoms with E-state index in [-0.39, 0.29) is 18.5 Å². The van der Waals surface area contributed by atoms with E-state index < -0.39 is 5.54 Å². The van der Waals surface area contributed by atoms with Crippen LogP contribution in [-0.2, 0) is 11.3 Å². The first-order valence-corrected chi connectivity index (χ1v) is 8.00. The van der Waals surface area contributed by atoms with Crippen LogP contribution in [0.3, 0.4) is 0 Å². The second kappa shape index (κ2) is 5.33. The number of nitrogens with two attached hydrogens (primary N) is 1. The van der Waals surface area contributed by atoms with Crippen molar-refractivity contribution in [1.29, 1.82) is 0 Å². The van der Waals surface area contributed by atoms with Crippen LogP contribution < -0.4 is 11.1 Å². The van der Waals surface area contributed by atoms with Gasteiger partial charge in [0.05, 0.1) is 6.54 Å². The first-order chi connectivity index (χ1) is 10.0. The highest BCUT2D eigenvalue weighted by atomic mass is 79.9. The molecule has 1 aliphatic carbocycles. The Morgan fingerprint density at radius 2 is 1.95 bits per heavy atom. The second-order valence-corrected chi connectivity index (χ2v) is 6.63. The molecule has 0 radical (unpaired) electrons. The highest BCUT2D eigenvalue weighted by Crippen LogP contribution is 2.35. The predicted molar refractivity (Wildman–Crippen MR) is 83.5 cm³/mol. The molecule has 3 N–H and O–H groups in total. The molecule has 0 atom stereocenters. The summed E-state index contributed by atoms with van der Waals surface area (Å²) in [5.41, 5.74) is 6.64. The van der Waals surface area contributed by atoms with Crippen molar-refractivity contribution in [2.45, 2.75) is 44.2 Å². The zero-order valence-electron chi connectivity index (χ0n) is 11.7. The summed E-state index contributed by atoms with van der Waals surface area (Å²) >= 11 is 3.43. The molecule has 21 heavy (non-hydrogen) atoms. The van der Waals surface area contributed by atoms with Crippen LogP contribution in [0, 0.1) is 0 Å². The first kappa shape index (κ1) is 14.4. The quantitative estimate of drug-likeness (QED) is 0.635. The zero-order valence-corrected chi connectivity index (χ0v) is 13.3. The molecule has 5 nitrogen and oxygen atoms in total. The third kappa shape index (κ3) is 2.41. The summed E-state index contributed by atoms with van der Waals surface area (Å²) in [5, 5.41) is 2.91. The van der Waals surface area contributed by atoms with Crippen LogP contribution in [0.1, 0.15) is 37.7 Å². The highest BCUT2D eigenvalue weighted by molar-refractivity contribution is 9.10. The first-order valence-electron chi connectivity index (χ1n) is 7.20. The van der Waals surface area contributed by atoms with Gasteiger partial charge in [-0.2, -0.15) is 0 Å². The molecule has 6 heteroatoms. The smallest absolute Gasteiger partial charge is 0.325 e. The van der Waals surface area contributed by atoms with Crippen molar-refractivity contribution in [3.05, 3.63) is 28.2 Å². The maximum atomic E-state index is 12.7. The number of urea groups is 1. The molecule has 1 aliphatic heterocycles. The molecule has 1 saturated heterocycles. The van der Waals surface area contributed by atoms with Gasteiger partial charge in [0.1, 0.15) is 5.54 Å². The van der Waals surface area contributed by atoms with Gasteiger partial charge in [0.2, 0.25) is 0 Å². The SMILES string of the molecule is Nc1cccc(Br)c1CN1C(=O)NC2(CCCCC2)C1=O. The molecular formula is C15H18BrN3O2. The van der Waals surface area contributed by atoms with Crippen LogP contribution in [0.15, 0.2) is 22.7 Å². The topological polar surface area (TPSA) is 75.4 Å². The predicted octanol–water partition coefficient (Wildman–Crippen LogP) is 2.79. The minimum absolute atomic E-state index is 0.109. The lowest BCUT2D eigenvalue weighted by molar-refractivity contribution is -0.132. The summed E-state index contributed by atoms with van der Waals surface area (Å²) in [7, 11) is 0. The molecule has 3 rings (SSSR count). The second-order valence-electron chi connectivity index (χ2n) is 5.77. The number of benzene rings is 1. The Balaban J connectivity index is 1.86. The lowest BCUT2D eigenvalue weighted by Gasteiger charge is -2.30. The molecule has 112 valence electrons. The van der Waals surface area contributed by atoms with E-state index >= 15 is 0 Å². The summed E-state index contributed by atoms with van der Waals surface area (Å²) < 4.78 is 0.813. The Hall–Kier alpha value is -1.56. The number of nitrogens with zero attached hydrogens (tertiary/aromatic N) is 1. The van der Waals surface area contributed by atoms with Gasteiger partial charge >= 0.3 is 6.03 Å². The van der Waals surface area contributed by atoms with E-state index in [1.807, 2.05) is 12.1 Å². The Labute approximate surface area is 132 Å². The highest BCUT2D eigenvalue weighted by Gasteiger charge is 2.51. The summed E-state index contributed by atoms with van der Waals surface area (Å²) in [5.74, 6) is -0.109. The standard InChI is InChI=1S/C15H18BrN3O2/c16-11-5-4-6-12(17)10(11)9-19-13(20)15(18-14(19)21)7-2-1-3-8-15/h4-6H,1-3,7-9,17H2,(H,18,21). The number of anilines is 1. The minimum Gasteiger partial charge on any atom is -0.398 e. The molecule has 0 bridgehead atoms. The van der Waals surface area contributed by atoms with E-state index in [2.05, 4.69) is 21.2 Å². The number of imide groups is 1. The van der Waals surface area contributed by atoms with Crippen LogP contribution >= 0.6 is 15.9 Å². The monoisotopic (exact) mass is 351 g/mol. The van der Waals surface area contributed by atoms with Crippen molar-refractivity contribution in [1.82, 2.24) is 10.2 Å². The van der Waals surface area contributed by atoms with E-state index in [1.165, 1.54) is 4.90 Å². The average molecular weight is 352 g/mol. The maximum absolute atomic E-state index is 12.7. The largest absolute Gasteiger partial charge is 0.398 e. The van der Waals surface area contributed by atoms with Crippen LogP contribution in [-0.4, -0.2) is 22.4 Å². The molecule has 1 saturated carbocycles. The molecule has 0 aromatic heterocycles. The summed E-state index contributed by atoms with van der Waals surface area (Å²) in [6, 6.07) is 5.16. The number of halogens is 1. The lowest BCUT2D eigenvalue weighted by Crippen LogP contribution is -2.48. The summed E-state index contributed by atoms with van der Waals surface area (Å²) in [6.45, 7) is 0.208. The van der Waals surface area contributed by atoms with Gasteiger partial charge < -0.3 is 11.1 Å². The fourth-order valence-electron chi connectivity index (χ4n) is 3.21. The molecule has 3 amide bonds. The Morgan fingerprint density at radius 3 is 2.62 bits per heavy atom. The number of carbonyl (C=O) groups excluding carboxylic acids is 2. The number of amides is 3. The molecular weight excluding hydrogens is 334 g/mol. The molecule has 2 aliphatic rings. The van der Waals surface area contributed by atoms with Gasteiger partial charge in [-0.1, -0.05) is 41.3 Å². The van der Waals surface area contributed by atoms with Crippen molar-refractivity contribution >= 4 is 33.6 Å². The Morgan fingerprint density at radius 1 is 1.24 bits per heavy atom. The van der Waals surface area contributed by atoms with Gasteiger partial charge in [0, 0.05) is 15.7 Å². The lowest BCUT2D eigenvalue weighted by atomic mass is 9.82. The van der Waals surface area contributed by atoms with Crippen LogP contribution in [0.25, 0.3) is 0 Å². The van der Waals surface area contributed by atoms with Gasteiger partial charge in [-0.25, -0.2) is 4.79 Å². The van der Waals surface area contributed by atoms with E-state index in [0.717, 1.165) is 42.1 Å². The van der Waals surface area contributed by atoms with Gasteiger partial charge in [0.15, 0.2) is 0 Å². The normalized spacial score (nSPS) is 20.9. The van der Waals surface area contributed by atoms with E-state index in [4.69, 9.17) is 5.73 Å². The fraction of sp³-hybridized carbons (Fsp3) is 0.467. The van der Waals surface area contributed by atoms with E-state index in [9.17, 15) is 9.59 Å². The minimum atomic E-state index is -0.675. The Kier molecular flexibility index (Phi) is 3.65. The third-order valence-corrected chi connectivity index (χ3v) is 5.17. The van der Waals surface area contributed by atoms with Crippen molar-refractivity contribution < 1.29 is 9.59 Å². The number of hydrogen-bond donors (Lipinski definition) is 2. The molecule has 0 unspecified atom stereocenters. The molecule has 1 heterocycles. The maximum Gasteiger partial charge on any atom is 0.325 e. The van der Waals surface area contributed by atoms with Gasteiger partial charge in [-0.15, -0.1) is 0 Å². The number of hydrogen-bond acceptors (Lipinski definition) is 3. The molecule has 1 aromatic rings. The molecule has 1 aromatic carbocycles. The van der Waals surface area contributed by atoms with E-state index in [0.29, 0.717) is 5.69 Å².